The number of rotatable bonds is 3. The summed E-state index contributed by atoms with van der Waals surface area (Å²) in [5, 5.41) is 2.71. The first-order valence-corrected chi connectivity index (χ1v) is 20.6. The van der Waals surface area contributed by atoms with Crippen LogP contribution in [0.4, 0.5) is 11.4 Å². The zero-order valence-electron chi connectivity index (χ0n) is 30.8. The smallest absolute Gasteiger partial charge is 0.0473 e. The van der Waals surface area contributed by atoms with Gasteiger partial charge in [0.2, 0.25) is 0 Å². The van der Waals surface area contributed by atoms with Crippen LogP contribution in [0.25, 0.3) is 31.3 Å². The Bertz CT molecular complexity index is 2490. The van der Waals surface area contributed by atoms with Gasteiger partial charge in [-0.15, -0.1) is 11.3 Å². The van der Waals surface area contributed by atoms with E-state index in [0.717, 1.165) is 17.8 Å². The molecule has 2 heteroatoms. The van der Waals surface area contributed by atoms with Gasteiger partial charge in [-0.1, -0.05) is 119 Å². The van der Waals surface area contributed by atoms with Gasteiger partial charge in [-0.2, -0.15) is 0 Å². The van der Waals surface area contributed by atoms with Crippen molar-refractivity contribution in [1.82, 2.24) is 0 Å². The Kier molecular flexibility index (Phi) is 6.63. The first-order chi connectivity index (χ1) is 25.3. The molecule has 5 aliphatic rings. The lowest BCUT2D eigenvalue weighted by molar-refractivity contribution is -0.00411. The molecule has 0 aliphatic heterocycles. The molecule has 6 aromatic rings. The first-order valence-electron chi connectivity index (χ1n) is 19.8. The van der Waals surface area contributed by atoms with Crippen LogP contribution in [0.1, 0.15) is 81.5 Å². The van der Waals surface area contributed by atoms with Gasteiger partial charge >= 0.3 is 0 Å². The van der Waals surface area contributed by atoms with Crippen LogP contribution in [0.3, 0.4) is 0 Å². The lowest BCUT2D eigenvalue weighted by Crippen LogP contribution is -2.52. The van der Waals surface area contributed by atoms with E-state index in [-0.39, 0.29) is 10.8 Å². The SMILES string of the molecule is CC1CC2CC(C)C3(c4ccccc4C4C(N(c5ccc6c(c5)C(C)(C)c5ccccc5-6)c5ccc6c(c5)sc5ccccc56)=CC=CC43)C(C1)C2. The van der Waals surface area contributed by atoms with Crippen LogP contribution >= 0.6 is 11.3 Å². The highest BCUT2D eigenvalue weighted by Gasteiger charge is 2.62. The fourth-order valence-corrected chi connectivity index (χ4v) is 13.8. The van der Waals surface area contributed by atoms with Crippen molar-refractivity contribution in [3.8, 4) is 11.1 Å². The van der Waals surface area contributed by atoms with Crippen molar-refractivity contribution < 1.29 is 0 Å². The summed E-state index contributed by atoms with van der Waals surface area (Å²) in [4.78, 5) is 2.67. The van der Waals surface area contributed by atoms with Gasteiger partial charge in [0.25, 0.3) is 0 Å². The summed E-state index contributed by atoms with van der Waals surface area (Å²) in [6.45, 7) is 9.97. The Hall–Kier alpha value is -4.40. The van der Waals surface area contributed by atoms with E-state index < -0.39 is 0 Å². The summed E-state index contributed by atoms with van der Waals surface area (Å²) < 4.78 is 2.71. The highest BCUT2D eigenvalue weighted by atomic mass is 32.1. The van der Waals surface area contributed by atoms with Crippen molar-refractivity contribution in [3.63, 3.8) is 0 Å². The molecule has 1 nitrogen and oxygen atoms in total. The molecule has 52 heavy (non-hydrogen) atoms. The number of nitrogens with zero attached hydrogens (tertiary/aromatic N) is 1. The van der Waals surface area contributed by atoms with Gasteiger partial charge in [0.1, 0.15) is 0 Å². The van der Waals surface area contributed by atoms with Gasteiger partial charge in [-0.3, -0.25) is 0 Å². The molecule has 0 amide bonds. The molecule has 5 aliphatic carbocycles. The Morgan fingerprint density at radius 1 is 0.654 bits per heavy atom. The van der Waals surface area contributed by atoms with E-state index in [1.54, 1.807) is 11.1 Å². The van der Waals surface area contributed by atoms with E-state index in [1.165, 1.54) is 85.2 Å². The summed E-state index contributed by atoms with van der Waals surface area (Å²) in [6.07, 6.45) is 13.1. The van der Waals surface area contributed by atoms with E-state index in [1.807, 2.05) is 11.3 Å². The minimum absolute atomic E-state index is 0.0673. The quantitative estimate of drug-likeness (QED) is 0.178. The van der Waals surface area contributed by atoms with Gasteiger partial charge in [-0.05, 0) is 125 Å². The highest BCUT2D eigenvalue weighted by Crippen LogP contribution is 2.68. The third kappa shape index (κ3) is 4.11. The van der Waals surface area contributed by atoms with Crippen LogP contribution in [-0.2, 0) is 10.8 Å². The van der Waals surface area contributed by atoms with E-state index in [9.17, 15) is 0 Å². The third-order valence-electron chi connectivity index (χ3n) is 14.5. The second-order valence-electron chi connectivity index (χ2n) is 17.5. The summed E-state index contributed by atoms with van der Waals surface area (Å²) in [6, 6.07) is 42.2. The normalized spacial score (nSPS) is 29.1. The number of hydrogen-bond acceptors (Lipinski definition) is 2. The van der Waals surface area contributed by atoms with Crippen molar-refractivity contribution in [1.29, 1.82) is 0 Å². The van der Waals surface area contributed by atoms with Crippen LogP contribution in [0, 0.1) is 29.6 Å². The maximum Gasteiger partial charge on any atom is 0.0473 e. The molecule has 5 aromatic carbocycles. The molecule has 258 valence electrons. The van der Waals surface area contributed by atoms with E-state index >= 15 is 0 Å². The minimum atomic E-state index is -0.0673. The van der Waals surface area contributed by atoms with Gasteiger partial charge in [-0.25, -0.2) is 0 Å². The lowest BCUT2D eigenvalue weighted by atomic mass is 9.47. The fraction of sp³-hybridized carbons (Fsp3) is 0.320. The second kappa shape index (κ2) is 11.1. The van der Waals surface area contributed by atoms with Crippen LogP contribution < -0.4 is 4.90 Å². The van der Waals surface area contributed by atoms with Crippen molar-refractivity contribution in [2.45, 2.75) is 70.1 Å². The number of hydrogen-bond donors (Lipinski definition) is 0. The largest absolute Gasteiger partial charge is 0.314 e. The molecule has 0 saturated heterocycles. The first kappa shape index (κ1) is 31.2. The Labute approximate surface area is 312 Å². The van der Waals surface area contributed by atoms with Gasteiger partial charge in [0.15, 0.2) is 0 Å². The summed E-state index contributed by atoms with van der Waals surface area (Å²) in [7, 11) is 0. The minimum Gasteiger partial charge on any atom is -0.314 e. The molecule has 11 rings (SSSR count). The molecule has 2 fully saturated rings. The van der Waals surface area contributed by atoms with Crippen molar-refractivity contribution in [2.75, 3.05) is 4.90 Å². The Balaban J connectivity index is 1.12. The molecule has 2 bridgehead atoms. The number of thiophene rings is 1. The topological polar surface area (TPSA) is 3.24 Å². The zero-order valence-corrected chi connectivity index (χ0v) is 31.6. The zero-order chi connectivity index (χ0) is 34.9. The molecular formula is C50H47NS. The van der Waals surface area contributed by atoms with Crippen molar-refractivity contribution in [3.05, 3.63) is 155 Å². The third-order valence-corrected chi connectivity index (χ3v) is 15.6. The predicted octanol–water partition coefficient (Wildman–Crippen LogP) is 13.7. The summed E-state index contributed by atoms with van der Waals surface area (Å²) >= 11 is 1.92. The van der Waals surface area contributed by atoms with Gasteiger partial charge in [0.05, 0.1) is 0 Å². The van der Waals surface area contributed by atoms with E-state index in [0.29, 0.717) is 17.8 Å². The molecule has 7 unspecified atom stereocenters. The molecule has 0 N–H and O–H groups in total. The maximum atomic E-state index is 2.67. The van der Waals surface area contributed by atoms with Crippen molar-refractivity contribution in [2.24, 2.45) is 29.6 Å². The van der Waals surface area contributed by atoms with Crippen molar-refractivity contribution >= 4 is 42.9 Å². The molecule has 2 saturated carbocycles. The molecule has 1 aromatic heterocycles. The highest BCUT2D eigenvalue weighted by molar-refractivity contribution is 7.25. The molecule has 1 heterocycles. The van der Waals surface area contributed by atoms with Crippen LogP contribution in [0.2, 0.25) is 0 Å². The predicted molar refractivity (Wildman–Crippen MR) is 221 cm³/mol. The molecular weight excluding hydrogens is 647 g/mol. The van der Waals surface area contributed by atoms with Crippen LogP contribution in [0.15, 0.2) is 133 Å². The molecule has 0 radical (unpaired) electrons. The maximum absolute atomic E-state index is 2.67. The Morgan fingerprint density at radius 3 is 2.29 bits per heavy atom. The van der Waals surface area contributed by atoms with Crippen LogP contribution in [-0.4, -0.2) is 0 Å². The van der Waals surface area contributed by atoms with E-state index in [4.69, 9.17) is 0 Å². The standard InChI is InChI=1S/C50H47NS/c1-30-24-32-26-31(2)50(33(25-30)27-32)42-16-9-6-14-40(42)48-43(50)17-11-18-45(48)51(35-21-23-39-38-13-7-10-19-46(38)52-47(39)29-35)34-20-22-37-36-12-5-8-15-41(36)49(3,4)44(37)28-34/h5-23,28-33,43,48H,24-27H2,1-4H3. The Morgan fingerprint density at radius 2 is 1.38 bits per heavy atom. The molecule has 7 atom stereocenters. The summed E-state index contributed by atoms with van der Waals surface area (Å²) in [5.74, 6) is 3.83. The fourth-order valence-electron chi connectivity index (χ4n) is 12.7. The monoisotopic (exact) mass is 693 g/mol. The van der Waals surface area contributed by atoms with E-state index in [2.05, 4.69) is 160 Å². The second-order valence-corrected chi connectivity index (χ2v) is 18.6. The average molecular weight is 694 g/mol. The number of allylic oxidation sites excluding steroid dienone is 4. The number of anilines is 2. The van der Waals surface area contributed by atoms with Gasteiger partial charge < -0.3 is 4.90 Å². The molecule has 1 spiro atoms. The number of fused-ring (bicyclic) bond motifs is 14. The average Bonchev–Trinajstić information content (AvgIpc) is 3.75. The lowest BCUT2D eigenvalue weighted by Gasteiger charge is -2.57. The van der Waals surface area contributed by atoms with Crippen LogP contribution in [0.5, 0.6) is 0 Å². The number of benzene rings is 5. The van der Waals surface area contributed by atoms with Gasteiger partial charge in [0, 0.05) is 54.0 Å². The summed E-state index contributed by atoms with van der Waals surface area (Å²) in [5.41, 5.74) is 12.9.